The van der Waals surface area contributed by atoms with Crippen molar-refractivity contribution in [3.63, 3.8) is 0 Å². The normalized spacial score (nSPS) is 30.6. The third kappa shape index (κ3) is 2.14. The molecule has 2 aliphatic heterocycles. The van der Waals surface area contributed by atoms with Crippen molar-refractivity contribution in [3.8, 4) is 0 Å². The predicted octanol–water partition coefficient (Wildman–Crippen LogP) is 2.59. The summed E-state index contributed by atoms with van der Waals surface area (Å²) >= 11 is 7.67. The molecule has 0 bridgehead atoms. The molecule has 1 N–H and O–H groups in total. The molecule has 0 aromatic carbocycles. The van der Waals surface area contributed by atoms with Gasteiger partial charge in [-0.3, -0.25) is 4.90 Å². The molecule has 2 aliphatic rings. The van der Waals surface area contributed by atoms with Gasteiger partial charge in [0.05, 0.1) is 4.34 Å². The highest BCUT2D eigenvalue weighted by atomic mass is 35.5. The summed E-state index contributed by atoms with van der Waals surface area (Å²) in [7, 11) is 0. The van der Waals surface area contributed by atoms with Crippen LogP contribution >= 0.6 is 22.9 Å². The summed E-state index contributed by atoms with van der Waals surface area (Å²) in [5.41, 5.74) is 0.584. The highest BCUT2D eigenvalue weighted by Crippen LogP contribution is 2.37. The number of halogens is 1. The van der Waals surface area contributed by atoms with Gasteiger partial charge in [-0.05, 0) is 43.5 Å². The molecule has 1 atom stereocenters. The molecule has 2 fully saturated rings. The van der Waals surface area contributed by atoms with Crippen molar-refractivity contribution in [2.24, 2.45) is 5.41 Å². The van der Waals surface area contributed by atoms with E-state index in [2.05, 4.69) is 16.3 Å². The van der Waals surface area contributed by atoms with Crippen molar-refractivity contribution < 1.29 is 0 Å². The van der Waals surface area contributed by atoms with E-state index in [0.717, 1.165) is 10.9 Å². The van der Waals surface area contributed by atoms with Crippen molar-refractivity contribution in [1.82, 2.24) is 10.2 Å². The van der Waals surface area contributed by atoms with Crippen LogP contribution in [-0.4, -0.2) is 31.1 Å². The molecule has 16 heavy (non-hydrogen) atoms. The van der Waals surface area contributed by atoms with Crippen molar-refractivity contribution in [2.45, 2.75) is 19.4 Å². The molecular weight excluding hydrogens is 240 g/mol. The fourth-order valence-corrected chi connectivity index (χ4v) is 4.09. The van der Waals surface area contributed by atoms with E-state index in [1.807, 2.05) is 6.07 Å². The lowest BCUT2D eigenvalue weighted by atomic mass is 9.87. The van der Waals surface area contributed by atoms with Gasteiger partial charge in [-0.1, -0.05) is 11.6 Å². The minimum Gasteiger partial charge on any atom is -0.316 e. The number of nitrogens with zero attached hydrogens (tertiary/aromatic N) is 1. The number of hydrogen-bond donors (Lipinski definition) is 1. The van der Waals surface area contributed by atoms with Gasteiger partial charge in [-0.15, -0.1) is 11.3 Å². The predicted molar refractivity (Wildman–Crippen MR) is 69.1 cm³/mol. The Morgan fingerprint density at radius 2 is 2.38 bits per heavy atom. The second-order valence-electron chi connectivity index (χ2n) is 5.09. The van der Waals surface area contributed by atoms with Crippen LogP contribution in [-0.2, 0) is 6.54 Å². The first-order chi connectivity index (χ1) is 7.76. The van der Waals surface area contributed by atoms with Crippen molar-refractivity contribution in [2.75, 3.05) is 26.2 Å². The highest BCUT2D eigenvalue weighted by molar-refractivity contribution is 7.16. The van der Waals surface area contributed by atoms with Crippen molar-refractivity contribution in [1.29, 1.82) is 0 Å². The molecule has 0 aliphatic carbocycles. The van der Waals surface area contributed by atoms with Crippen molar-refractivity contribution in [3.05, 3.63) is 21.3 Å². The zero-order chi connectivity index (χ0) is 11.0. The molecule has 3 heterocycles. The van der Waals surface area contributed by atoms with Gasteiger partial charge in [-0.2, -0.15) is 0 Å². The molecule has 3 rings (SSSR count). The summed E-state index contributed by atoms with van der Waals surface area (Å²) in [6, 6.07) is 4.16. The Bertz CT molecular complexity index is 371. The lowest BCUT2D eigenvalue weighted by molar-refractivity contribution is 0.270. The fraction of sp³-hybridized carbons (Fsp3) is 0.667. The van der Waals surface area contributed by atoms with Crippen LogP contribution in [0.2, 0.25) is 4.34 Å². The lowest BCUT2D eigenvalue weighted by Gasteiger charge is -2.22. The standard InChI is InChI=1S/C12H17ClN2S/c13-11-2-1-10(16-11)7-15-6-4-12(9-15)3-5-14-8-12/h1-2,14H,3-9H2. The van der Waals surface area contributed by atoms with E-state index in [-0.39, 0.29) is 0 Å². The summed E-state index contributed by atoms with van der Waals surface area (Å²) < 4.78 is 0.909. The fourth-order valence-electron chi connectivity index (χ4n) is 2.96. The molecule has 0 saturated carbocycles. The summed E-state index contributed by atoms with van der Waals surface area (Å²) in [6.45, 7) is 6.01. The molecule has 0 radical (unpaired) electrons. The van der Waals surface area contributed by atoms with E-state index < -0.39 is 0 Å². The molecule has 2 nitrogen and oxygen atoms in total. The van der Waals surface area contributed by atoms with Crippen LogP contribution in [0.4, 0.5) is 0 Å². The molecule has 0 amide bonds. The second kappa shape index (κ2) is 4.30. The van der Waals surface area contributed by atoms with Crippen LogP contribution in [0.3, 0.4) is 0 Å². The van der Waals surface area contributed by atoms with E-state index in [1.54, 1.807) is 11.3 Å². The van der Waals surface area contributed by atoms with Crippen LogP contribution in [0.1, 0.15) is 17.7 Å². The van der Waals surface area contributed by atoms with E-state index in [9.17, 15) is 0 Å². The first kappa shape index (κ1) is 11.0. The number of nitrogens with one attached hydrogen (secondary N) is 1. The van der Waals surface area contributed by atoms with E-state index >= 15 is 0 Å². The Labute approximate surface area is 106 Å². The number of thiophene rings is 1. The monoisotopic (exact) mass is 256 g/mol. The Morgan fingerprint density at radius 3 is 3.06 bits per heavy atom. The Morgan fingerprint density at radius 1 is 1.44 bits per heavy atom. The maximum absolute atomic E-state index is 5.96. The molecule has 88 valence electrons. The Balaban J connectivity index is 1.61. The maximum atomic E-state index is 5.96. The first-order valence-corrected chi connectivity index (χ1v) is 7.13. The lowest BCUT2D eigenvalue weighted by Crippen LogP contribution is -2.28. The van der Waals surface area contributed by atoms with Gasteiger partial charge < -0.3 is 5.32 Å². The minimum absolute atomic E-state index is 0.584. The Hall–Kier alpha value is -0.0900. The summed E-state index contributed by atoms with van der Waals surface area (Å²) in [6.07, 6.45) is 2.72. The SMILES string of the molecule is Clc1ccc(CN2CCC3(CCNC3)C2)s1. The average molecular weight is 257 g/mol. The van der Waals surface area contributed by atoms with Crippen LogP contribution in [0, 0.1) is 5.41 Å². The van der Waals surface area contributed by atoms with Gasteiger partial charge >= 0.3 is 0 Å². The zero-order valence-electron chi connectivity index (χ0n) is 9.34. The third-order valence-corrected chi connectivity index (χ3v) is 5.07. The van der Waals surface area contributed by atoms with E-state index in [0.29, 0.717) is 5.41 Å². The molecule has 2 saturated heterocycles. The van der Waals surface area contributed by atoms with Gasteiger partial charge in [-0.25, -0.2) is 0 Å². The number of hydrogen-bond acceptors (Lipinski definition) is 3. The summed E-state index contributed by atoms with van der Waals surface area (Å²) in [5.74, 6) is 0. The van der Waals surface area contributed by atoms with E-state index in [4.69, 9.17) is 11.6 Å². The Kier molecular flexibility index (Phi) is 2.96. The van der Waals surface area contributed by atoms with Gasteiger partial charge in [0.2, 0.25) is 0 Å². The van der Waals surface area contributed by atoms with Gasteiger partial charge in [0.15, 0.2) is 0 Å². The first-order valence-electron chi connectivity index (χ1n) is 5.93. The largest absolute Gasteiger partial charge is 0.316 e. The van der Waals surface area contributed by atoms with Crippen molar-refractivity contribution >= 4 is 22.9 Å². The number of rotatable bonds is 2. The van der Waals surface area contributed by atoms with Crippen LogP contribution in [0.15, 0.2) is 12.1 Å². The van der Waals surface area contributed by atoms with Crippen LogP contribution < -0.4 is 5.32 Å². The van der Waals surface area contributed by atoms with Gasteiger partial charge in [0.25, 0.3) is 0 Å². The quantitative estimate of drug-likeness (QED) is 0.875. The summed E-state index contributed by atoms with van der Waals surface area (Å²) in [4.78, 5) is 3.97. The molecular formula is C12H17ClN2S. The molecule has 1 spiro atoms. The average Bonchev–Trinajstić information content (AvgIpc) is 2.94. The molecule has 1 unspecified atom stereocenters. The second-order valence-corrected chi connectivity index (χ2v) is 6.89. The zero-order valence-corrected chi connectivity index (χ0v) is 10.9. The highest BCUT2D eigenvalue weighted by Gasteiger charge is 2.40. The molecule has 1 aromatic rings. The number of likely N-dealkylation sites (tertiary alicyclic amines) is 1. The van der Waals surface area contributed by atoms with Gasteiger partial charge in [0, 0.05) is 24.5 Å². The topological polar surface area (TPSA) is 15.3 Å². The van der Waals surface area contributed by atoms with E-state index in [1.165, 1.54) is 43.9 Å². The summed E-state index contributed by atoms with van der Waals surface area (Å²) in [5, 5.41) is 3.50. The maximum Gasteiger partial charge on any atom is 0.0931 e. The third-order valence-electron chi connectivity index (χ3n) is 3.86. The minimum atomic E-state index is 0.584. The smallest absolute Gasteiger partial charge is 0.0931 e. The van der Waals surface area contributed by atoms with Gasteiger partial charge in [0.1, 0.15) is 0 Å². The van der Waals surface area contributed by atoms with Crippen LogP contribution in [0.25, 0.3) is 0 Å². The van der Waals surface area contributed by atoms with Crippen LogP contribution in [0.5, 0.6) is 0 Å². The molecule has 1 aromatic heterocycles. The molecule has 4 heteroatoms.